The van der Waals surface area contributed by atoms with Gasteiger partial charge in [-0.25, -0.2) is 4.85 Å². The Balaban J connectivity index is 1.32. The van der Waals surface area contributed by atoms with Gasteiger partial charge in [-0.3, -0.25) is 0 Å². The van der Waals surface area contributed by atoms with Crippen LogP contribution in [0.4, 0.5) is 32.0 Å². The van der Waals surface area contributed by atoms with Crippen LogP contribution in [0.25, 0.3) is 93.2 Å². The molecule has 0 saturated carbocycles. The number of fused-ring (bicyclic) bond motifs is 6. The van der Waals surface area contributed by atoms with Gasteiger partial charge in [-0.2, -0.15) is 26.3 Å². The van der Waals surface area contributed by atoms with Gasteiger partial charge in [0.2, 0.25) is 5.69 Å². The molecule has 64 heavy (non-hydrogen) atoms. The van der Waals surface area contributed by atoms with Crippen LogP contribution in [-0.4, -0.2) is 9.13 Å². The van der Waals surface area contributed by atoms with Crippen LogP contribution in [0.2, 0.25) is 0 Å². The Morgan fingerprint density at radius 1 is 0.438 bits per heavy atom. The minimum atomic E-state index is -4.74. The summed E-state index contributed by atoms with van der Waals surface area (Å²) in [6, 6.07) is 44.4. The molecule has 0 saturated heterocycles. The number of para-hydroxylation sites is 2. The molecule has 10 aromatic rings. The first kappa shape index (κ1) is 40.5. The van der Waals surface area contributed by atoms with Crippen LogP contribution in [0.1, 0.15) is 33.4 Å². The van der Waals surface area contributed by atoms with Crippen LogP contribution >= 0.6 is 0 Å². The molecule has 9 heteroatoms. The van der Waals surface area contributed by atoms with E-state index in [-0.39, 0.29) is 28.1 Å². The molecule has 0 fully saturated rings. The van der Waals surface area contributed by atoms with E-state index in [4.69, 9.17) is 6.57 Å². The third-order valence-corrected chi connectivity index (χ3v) is 12.4. The minimum Gasteiger partial charge on any atom is -0.319 e. The Hall–Kier alpha value is -7.57. The second-order valence-corrected chi connectivity index (χ2v) is 16.5. The molecular formula is C55H37F6N3. The number of rotatable bonds is 5. The Kier molecular flexibility index (Phi) is 9.35. The molecular weight excluding hydrogens is 817 g/mol. The van der Waals surface area contributed by atoms with E-state index in [9.17, 15) is 13.2 Å². The van der Waals surface area contributed by atoms with E-state index in [1.54, 1.807) is 66.9 Å². The number of aryl methyl sites for hydroxylation is 4. The zero-order chi connectivity index (χ0) is 44.8. The normalized spacial score (nSPS) is 12.2. The van der Waals surface area contributed by atoms with Gasteiger partial charge in [0.25, 0.3) is 0 Å². The van der Waals surface area contributed by atoms with Gasteiger partial charge in [-0.05, 0) is 127 Å². The maximum absolute atomic E-state index is 15.1. The van der Waals surface area contributed by atoms with E-state index in [1.807, 2.05) is 59.2 Å². The van der Waals surface area contributed by atoms with Gasteiger partial charge in [0.05, 0.1) is 51.1 Å². The number of hydrogen-bond acceptors (Lipinski definition) is 0. The van der Waals surface area contributed by atoms with Gasteiger partial charge < -0.3 is 9.13 Å². The largest absolute Gasteiger partial charge is 0.417 e. The van der Waals surface area contributed by atoms with Crippen LogP contribution in [0, 0.1) is 34.3 Å². The molecule has 0 bridgehead atoms. The van der Waals surface area contributed by atoms with Crippen LogP contribution in [0.3, 0.4) is 0 Å². The number of alkyl halides is 6. The summed E-state index contributed by atoms with van der Waals surface area (Å²) in [4.78, 5) is 4.22. The van der Waals surface area contributed by atoms with Crippen molar-refractivity contribution in [1.29, 1.82) is 0 Å². The minimum absolute atomic E-state index is 0.00292. The van der Waals surface area contributed by atoms with Crippen molar-refractivity contribution >= 4 is 49.3 Å². The zero-order valence-electron chi connectivity index (χ0n) is 35.0. The number of hydrogen-bond donors (Lipinski definition) is 0. The monoisotopic (exact) mass is 853 g/mol. The summed E-state index contributed by atoms with van der Waals surface area (Å²) in [5.41, 5.74) is 7.49. The average Bonchev–Trinajstić information content (AvgIpc) is 3.77. The highest BCUT2D eigenvalue weighted by atomic mass is 19.4. The lowest BCUT2D eigenvalue weighted by atomic mass is 9.92. The summed E-state index contributed by atoms with van der Waals surface area (Å²) in [7, 11) is 0. The molecule has 0 unspecified atom stereocenters. The van der Waals surface area contributed by atoms with Gasteiger partial charge >= 0.3 is 12.4 Å². The summed E-state index contributed by atoms with van der Waals surface area (Å²) in [6.07, 6.45) is -9.36. The number of halogens is 6. The molecule has 8 aromatic carbocycles. The van der Waals surface area contributed by atoms with E-state index >= 15 is 13.2 Å². The van der Waals surface area contributed by atoms with E-state index in [0.29, 0.717) is 44.2 Å². The molecule has 314 valence electrons. The van der Waals surface area contributed by atoms with E-state index in [0.717, 1.165) is 56.2 Å². The third kappa shape index (κ3) is 6.43. The fourth-order valence-corrected chi connectivity index (χ4v) is 9.61. The van der Waals surface area contributed by atoms with Crippen molar-refractivity contribution < 1.29 is 26.3 Å². The van der Waals surface area contributed by atoms with Crippen molar-refractivity contribution in [3.8, 4) is 44.8 Å². The van der Waals surface area contributed by atoms with E-state index < -0.39 is 23.5 Å². The van der Waals surface area contributed by atoms with Gasteiger partial charge in [-0.1, -0.05) is 108 Å². The standard InChI is InChI=1S/C55H37F6N3/c1-31-17-21-37(34(4)27-31)35-19-24-48-42(29-35)39-12-6-8-15-46(39)63(48)50-26-23-41(51-33(3)11-10-14-44(51)54(56,57)58)53(52(50)62-5)64-47-16-9-7-13-40(47)43-30-36(20-25-49(43)64)38-22-18-32(2)28-45(38)55(59,60)61/h6-30H,1-4H3. The zero-order valence-corrected chi connectivity index (χ0v) is 35.0. The SMILES string of the molecule is [C-]#[N+]c1c(-n2c3ccccc3c3cc(-c4ccc(C)cc4C)ccc32)ccc(-c2c(C)cccc2C(F)(F)F)c1-n1c2ccccc2c2cc(-c3ccc(C)cc3C(F)(F)F)ccc21. The molecule has 10 rings (SSSR count). The first-order valence-electron chi connectivity index (χ1n) is 20.7. The van der Waals surface area contributed by atoms with Gasteiger partial charge in [0, 0.05) is 21.5 Å². The highest BCUT2D eigenvalue weighted by molar-refractivity contribution is 6.14. The second-order valence-electron chi connectivity index (χ2n) is 16.5. The molecule has 3 nitrogen and oxygen atoms in total. The molecule has 0 amide bonds. The predicted molar refractivity (Wildman–Crippen MR) is 247 cm³/mol. The number of aromatic nitrogens is 2. The Bertz CT molecular complexity index is 3600. The molecule has 0 N–H and O–H groups in total. The summed E-state index contributed by atoms with van der Waals surface area (Å²) in [5, 5.41) is 3.10. The van der Waals surface area contributed by atoms with Gasteiger partial charge in [-0.15, -0.1) is 0 Å². The average molecular weight is 854 g/mol. The quantitative estimate of drug-likeness (QED) is 0.121. The number of nitrogens with zero attached hydrogens (tertiary/aromatic N) is 3. The molecule has 0 aliphatic rings. The maximum Gasteiger partial charge on any atom is 0.417 e. The van der Waals surface area contributed by atoms with Crippen molar-refractivity contribution in [1.82, 2.24) is 9.13 Å². The van der Waals surface area contributed by atoms with Crippen LogP contribution in [-0.2, 0) is 12.4 Å². The number of benzene rings is 8. The first-order valence-corrected chi connectivity index (χ1v) is 20.7. The highest BCUT2D eigenvalue weighted by Crippen LogP contribution is 2.50. The topological polar surface area (TPSA) is 14.2 Å². The lowest BCUT2D eigenvalue weighted by Crippen LogP contribution is -2.10. The molecule has 2 heterocycles. The van der Waals surface area contributed by atoms with Crippen molar-refractivity contribution in [2.75, 3.05) is 0 Å². The lowest BCUT2D eigenvalue weighted by Gasteiger charge is -2.23. The Morgan fingerprint density at radius 2 is 0.969 bits per heavy atom. The molecule has 0 aliphatic heterocycles. The maximum atomic E-state index is 15.1. The van der Waals surface area contributed by atoms with Crippen LogP contribution in [0.15, 0.2) is 152 Å². The van der Waals surface area contributed by atoms with E-state index in [1.165, 1.54) is 12.1 Å². The summed E-state index contributed by atoms with van der Waals surface area (Å²) in [5.74, 6) is 0. The molecule has 2 aromatic heterocycles. The predicted octanol–water partition coefficient (Wildman–Crippen LogP) is 16.7. The van der Waals surface area contributed by atoms with E-state index in [2.05, 4.69) is 43.0 Å². The molecule has 0 spiro atoms. The summed E-state index contributed by atoms with van der Waals surface area (Å²) < 4.78 is 92.7. The van der Waals surface area contributed by atoms with Gasteiger partial charge in [0.1, 0.15) is 0 Å². The van der Waals surface area contributed by atoms with Crippen molar-refractivity contribution in [3.63, 3.8) is 0 Å². The summed E-state index contributed by atoms with van der Waals surface area (Å²) >= 11 is 0. The second kappa shape index (κ2) is 14.8. The first-order chi connectivity index (χ1) is 30.6. The lowest BCUT2D eigenvalue weighted by molar-refractivity contribution is -0.137. The van der Waals surface area contributed by atoms with Crippen molar-refractivity contribution in [3.05, 3.63) is 196 Å². The smallest absolute Gasteiger partial charge is 0.319 e. The molecule has 0 radical (unpaired) electrons. The molecule has 0 aliphatic carbocycles. The molecule has 0 atom stereocenters. The van der Waals surface area contributed by atoms with Crippen LogP contribution in [0.5, 0.6) is 0 Å². The van der Waals surface area contributed by atoms with Crippen molar-refractivity contribution in [2.45, 2.75) is 40.0 Å². The highest BCUT2D eigenvalue weighted by Gasteiger charge is 2.37. The Labute approximate surface area is 364 Å². The summed E-state index contributed by atoms with van der Waals surface area (Å²) in [6.45, 7) is 16.3. The van der Waals surface area contributed by atoms with Gasteiger partial charge in [0.15, 0.2) is 0 Å². The fourth-order valence-electron chi connectivity index (χ4n) is 9.61. The fraction of sp³-hybridized carbons (Fsp3) is 0.109. The van der Waals surface area contributed by atoms with Crippen LogP contribution < -0.4 is 0 Å². The Morgan fingerprint density at radius 3 is 1.58 bits per heavy atom. The third-order valence-electron chi connectivity index (χ3n) is 12.4. The van der Waals surface area contributed by atoms with Crippen molar-refractivity contribution in [2.24, 2.45) is 0 Å².